The molecule has 0 unspecified atom stereocenters. The van der Waals surface area contributed by atoms with Gasteiger partial charge in [-0.1, -0.05) is 0 Å². The van der Waals surface area contributed by atoms with Crippen molar-refractivity contribution in [3.63, 3.8) is 0 Å². The van der Waals surface area contributed by atoms with Crippen molar-refractivity contribution >= 4 is 0 Å². The average molecular weight is 195 g/mol. The topological polar surface area (TPSA) is 0 Å². The summed E-state index contributed by atoms with van der Waals surface area (Å²) in [6, 6.07) is 0. The van der Waals surface area contributed by atoms with E-state index >= 15 is 0 Å². The van der Waals surface area contributed by atoms with Crippen molar-refractivity contribution in [2.24, 2.45) is 0 Å². The van der Waals surface area contributed by atoms with Crippen LogP contribution < -0.4 is 0 Å². The summed E-state index contributed by atoms with van der Waals surface area (Å²) < 4.78 is 3.16. The molecule has 0 aliphatic heterocycles. The summed E-state index contributed by atoms with van der Waals surface area (Å²) in [6.07, 6.45) is 2.47. The van der Waals surface area contributed by atoms with E-state index in [4.69, 9.17) is 0 Å². The molecule has 0 aromatic heterocycles. The van der Waals surface area contributed by atoms with Gasteiger partial charge in [-0.25, -0.2) is 0 Å². The molecule has 0 aromatic rings. The number of hydrogen-bond donors (Lipinski definition) is 0. The molecule has 27 valence electrons. The van der Waals surface area contributed by atoms with Gasteiger partial charge in [0.25, 0.3) is 0 Å². The molecule has 0 heterocycles. The molecule has 0 amide bonds. The van der Waals surface area contributed by atoms with Gasteiger partial charge in [-0.2, -0.15) is 0 Å². The summed E-state index contributed by atoms with van der Waals surface area (Å²) in [5, 5.41) is 0. The van der Waals surface area contributed by atoms with Crippen molar-refractivity contribution in [2.45, 2.75) is 19.8 Å². The second kappa shape index (κ2) is 5.16. The summed E-state index contributed by atoms with van der Waals surface area (Å²) in [5.74, 6) is 0. The predicted molar refractivity (Wildman–Crippen MR) is 18.8 cm³/mol. The third-order valence-electron chi connectivity index (χ3n) is 0.375. The first kappa shape index (κ1) is 6.16. The van der Waals surface area contributed by atoms with Crippen LogP contribution in [-0.4, -0.2) is 0 Å². The molecule has 0 fully saturated rings. The normalized spacial score (nSPS) is 7.00. The Labute approximate surface area is 59.2 Å². The molecule has 0 atom stereocenters. The molecule has 0 aliphatic carbocycles. The number of hydrogen-bond acceptors (Lipinski definition) is 0. The number of unbranched alkanes of at least 4 members (excludes halogenated alkanes) is 1. The van der Waals surface area contributed by atoms with Crippen LogP contribution >= 0.6 is 0 Å². The van der Waals surface area contributed by atoms with Crippen molar-refractivity contribution in [1.82, 2.24) is 0 Å². The molecule has 0 aliphatic rings. The summed E-state index contributed by atoms with van der Waals surface area (Å²) in [5.41, 5.74) is 0. The van der Waals surface area contributed by atoms with Crippen LogP contribution in [0.15, 0.2) is 0 Å². The number of rotatable bonds is 1. The van der Waals surface area contributed by atoms with Gasteiger partial charge in [0.1, 0.15) is 0 Å². The first-order valence-electron chi connectivity index (χ1n) is 1.81. The van der Waals surface area contributed by atoms with Crippen LogP contribution in [0.1, 0.15) is 19.8 Å². The van der Waals surface area contributed by atoms with Crippen LogP contribution in [-0.2, 0) is 0 Å². The molecular weight excluding hydrogens is 188 g/mol. The van der Waals surface area contributed by atoms with Gasteiger partial charge in [-0.15, -0.1) is 0 Å². The van der Waals surface area contributed by atoms with Crippen LogP contribution in [0, 0.1) is 40.2 Å². The minimum atomic E-state index is 1.15. The van der Waals surface area contributed by atoms with Gasteiger partial charge in [0.15, 0.2) is 0 Å². The van der Waals surface area contributed by atoms with E-state index in [1.165, 1.54) is 12.8 Å². The Kier molecular flexibility index (Phi) is 6.35. The molecule has 0 nitrogen and oxygen atoms in total. The zero-order valence-electron chi connectivity index (χ0n) is 3.41. The molecule has 0 N–H and O–H groups in total. The van der Waals surface area contributed by atoms with Crippen molar-refractivity contribution in [2.75, 3.05) is 0 Å². The van der Waals surface area contributed by atoms with Crippen molar-refractivity contribution in [1.29, 1.82) is 0 Å². The first-order chi connectivity index (χ1) is 2.41. The Bertz CT molecular complexity index is 42.1. The van der Waals surface area contributed by atoms with E-state index in [0.717, 1.165) is 38.9 Å². The standard InChI is InChI=1S/C4H7.Ce/c1-3-4-2;/h3-4H2,1H3;. The van der Waals surface area contributed by atoms with Crippen LogP contribution in [0.3, 0.4) is 0 Å². The molecule has 0 bridgehead atoms. The quantitative estimate of drug-likeness (QED) is 0.591. The van der Waals surface area contributed by atoms with Crippen LogP contribution in [0.2, 0.25) is 0 Å². The molecule has 5 heavy (non-hydrogen) atoms. The molecule has 0 saturated heterocycles. The zero-order chi connectivity index (χ0) is 4.12. The van der Waals surface area contributed by atoms with Gasteiger partial charge in [0, 0.05) is 0 Å². The van der Waals surface area contributed by atoms with Crippen LogP contribution in [0.5, 0.6) is 0 Å². The third-order valence-corrected chi connectivity index (χ3v) is 1.16. The van der Waals surface area contributed by atoms with E-state index in [-0.39, 0.29) is 0 Å². The molecule has 0 radical (unpaired) electrons. The average Bonchev–Trinajstić information content (AvgIpc) is 1.41. The summed E-state index contributed by atoms with van der Waals surface area (Å²) >= 11 is 1.15. The van der Waals surface area contributed by atoms with Gasteiger partial charge in [0.05, 0.1) is 0 Å². The Hall–Kier alpha value is 1.16. The van der Waals surface area contributed by atoms with Crippen LogP contribution in [0.25, 0.3) is 0 Å². The van der Waals surface area contributed by atoms with Gasteiger partial charge >= 0.3 is 59.9 Å². The summed E-state index contributed by atoms with van der Waals surface area (Å²) in [6.45, 7) is 2.17. The van der Waals surface area contributed by atoms with E-state index in [9.17, 15) is 0 Å². The van der Waals surface area contributed by atoms with E-state index in [1.54, 1.807) is 0 Å². The second-order valence-electron chi connectivity index (χ2n) is 0.927. The second-order valence-corrected chi connectivity index (χ2v) is 2.04. The molecule has 0 aromatic carbocycles. The van der Waals surface area contributed by atoms with E-state index in [1.807, 2.05) is 0 Å². The minimum absolute atomic E-state index is 1.15. The van der Waals surface area contributed by atoms with Gasteiger partial charge in [-0.05, 0) is 0 Å². The van der Waals surface area contributed by atoms with Crippen molar-refractivity contribution < 1.29 is 38.9 Å². The van der Waals surface area contributed by atoms with Gasteiger partial charge < -0.3 is 0 Å². The molecule has 0 saturated carbocycles. The summed E-state index contributed by atoms with van der Waals surface area (Å²) in [4.78, 5) is 0. The fourth-order valence-corrected chi connectivity index (χ4v) is 0.910. The SMILES string of the molecule is CCC[C]#[Ce]. The third kappa shape index (κ3) is 5.16. The van der Waals surface area contributed by atoms with E-state index in [2.05, 4.69) is 8.21 Å². The Morgan fingerprint density at radius 2 is 2.40 bits per heavy atom. The first-order valence-corrected chi connectivity index (χ1v) is 3.38. The Balaban J connectivity index is 2.48. The Morgan fingerprint density at radius 3 is 2.40 bits per heavy atom. The van der Waals surface area contributed by atoms with E-state index in [0.29, 0.717) is 0 Å². The molecule has 0 spiro atoms. The maximum absolute atomic E-state index is 3.16. The molecule has 1 heteroatoms. The van der Waals surface area contributed by atoms with Crippen molar-refractivity contribution in [3.05, 3.63) is 0 Å². The van der Waals surface area contributed by atoms with E-state index < -0.39 is 0 Å². The van der Waals surface area contributed by atoms with Gasteiger partial charge in [-0.3, -0.25) is 0 Å². The van der Waals surface area contributed by atoms with Gasteiger partial charge in [0.2, 0.25) is 0 Å². The predicted octanol–water partition coefficient (Wildman–Crippen LogP) is 1.29. The fraction of sp³-hybridized carbons (Fsp3) is 0.750. The molecular formula is C4H7Ce. The fourth-order valence-electron chi connectivity index (χ4n) is 0.125. The Morgan fingerprint density at radius 1 is 1.80 bits per heavy atom. The summed E-state index contributed by atoms with van der Waals surface area (Å²) in [7, 11) is 0. The molecule has 0 rings (SSSR count). The van der Waals surface area contributed by atoms with Crippen LogP contribution in [0.4, 0.5) is 0 Å². The zero-order valence-corrected chi connectivity index (χ0v) is 6.55. The van der Waals surface area contributed by atoms with Crippen molar-refractivity contribution in [3.8, 4) is 1.28 Å². The monoisotopic (exact) mass is 195 g/mol. The maximum atomic E-state index is 3.16.